The lowest BCUT2D eigenvalue weighted by Gasteiger charge is -2.23. The lowest BCUT2D eigenvalue weighted by atomic mass is 10.1. The van der Waals surface area contributed by atoms with Gasteiger partial charge in [-0.2, -0.15) is 5.26 Å². The zero-order chi connectivity index (χ0) is 10.6. The summed E-state index contributed by atoms with van der Waals surface area (Å²) in [5, 5.41) is 8.53. The highest BCUT2D eigenvalue weighted by atomic mass is 19.1. The second-order valence-corrected chi connectivity index (χ2v) is 3.65. The SMILES string of the molecule is CC(C)(CC#N)Oc1ccc(F)cc1. The van der Waals surface area contributed by atoms with Gasteiger partial charge in [0.15, 0.2) is 0 Å². The van der Waals surface area contributed by atoms with Crippen LogP contribution in [0.15, 0.2) is 24.3 Å². The minimum absolute atomic E-state index is 0.296. The maximum atomic E-state index is 12.6. The van der Waals surface area contributed by atoms with E-state index in [1.54, 1.807) is 12.1 Å². The third kappa shape index (κ3) is 3.06. The van der Waals surface area contributed by atoms with Crippen molar-refractivity contribution in [3.63, 3.8) is 0 Å². The molecule has 0 saturated carbocycles. The van der Waals surface area contributed by atoms with Crippen molar-refractivity contribution >= 4 is 0 Å². The largest absolute Gasteiger partial charge is 0.487 e. The minimum Gasteiger partial charge on any atom is -0.487 e. The van der Waals surface area contributed by atoms with Crippen molar-refractivity contribution in [3.05, 3.63) is 30.1 Å². The smallest absolute Gasteiger partial charge is 0.123 e. The van der Waals surface area contributed by atoms with Gasteiger partial charge in [0.05, 0.1) is 12.5 Å². The van der Waals surface area contributed by atoms with Crippen LogP contribution >= 0.6 is 0 Å². The van der Waals surface area contributed by atoms with Crippen LogP contribution in [0.4, 0.5) is 4.39 Å². The van der Waals surface area contributed by atoms with Gasteiger partial charge in [0.2, 0.25) is 0 Å². The molecule has 0 aliphatic rings. The van der Waals surface area contributed by atoms with Crippen LogP contribution in [0.5, 0.6) is 5.75 Å². The predicted octanol–water partition coefficient (Wildman–Crippen LogP) is 2.90. The number of halogens is 1. The zero-order valence-electron chi connectivity index (χ0n) is 8.25. The average Bonchev–Trinajstić information content (AvgIpc) is 2.08. The third-order valence-electron chi connectivity index (χ3n) is 1.71. The van der Waals surface area contributed by atoms with E-state index in [0.29, 0.717) is 12.2 Å². The molecule has 1 aromatic carbocycles. The summed E-state index contributed by atoms with van der Waals surface area (Å²) in [6.07, 6.45) is 0.296. The highest BCUT2D eigenvalue weighted by Gasteiger charge is 2.19. The molecule has 0 atom stereocenters. The van der Waals surface area contributed by atoms with Gasteiger partial charge in [-0.25, -0.2) is 4.39 Å². The van der Waals surface area contributed by atoms with E-state index in [-0.39, 0.29) is 5.82 Å². The summed E-state index contributed by atoms with van der Waals surface area (Å²) in [6, 6.07) is 7.80. The topological polar surface area (TPSA) is 33.0 Å². The first kappa shape index (κ1) is 10.5. The van der Waals surface area contributed by atoms with Crippen LogP contribution in [0.25, 0.3) is 0 Å². The number of benzene rings is 1. The molecule has 1 rings (SSSR count). The molecule has 0 heterocycles. The summed E-state index contributed by atoms with van der Waals surface area (Å²) in [6.45, 7) is 3.64. The maximum absolute atomic E-state index is 12.6. The van der Waals surface area contributed by atoms with Gasteiger partial charge in [0.1, 0.15) is 17.2 Å². The number of nitrogens with zero attached hydrogens (tertiary/aromatic N) is 1. The van der Waals surface area contributed by atoms with Crippen LogP contribution in [-0.4, -0.2) is 5.60 Å². The molecule has 0 N–H and O–H groups in total. The molecule has 0 radical (unpaired) electrons. The van der Waals surface area contributed by atoms with Gasteiger partial charge in [-0.3, -0.25) is 0 Å². The van der Waals surface area contributed by atoms with Crippen molar-refractivity contribution in [1.82, 2.24) is 0 Å². The molecule has 1 aromatic rings. The molecule has 0 aliphatic carbocycles. The fourth-order valence-electron chi connectivity index (χ4n) is 1.05. The molecule has 0 fully saturated rings. The molecule has 0 saturated heterocycles. The average molecular weight is 193 g/mol. The number of ether oxygens (including phenoxy) is 1. The van der Waals surface area contributed by atoms with E-state index in [4.69, 9.17) is 10.00 Å². The summed E-state index contributed by atoms with van der Waals surface area (Å²) in [7, 11) is 0. The molecule has 0 aliphatic heterocycles. The Morgan fingerprint density at radius 1 is 1.36 bits per heavy atom. The van der Waals surface area contributed by atoms with Crippen LogP contribution in [0.3, 0.4) is 0 Å². The maximum Gasteiger partial charge on any atom is 0.123 e. The Kier molecular flexibility index (Phi) is 3.08. The molecule has 0 bridgehead atoms. The standard InChI is InChI=1S/C11H12FNO/c1-11(2,7-8-13)14-10-5-3-9(12)4-6-10/h3-6H,7H2,1-2H3. The lowest BCUT2D eigenvalue weighted by Crippen LogP contribution is -2.27. The van der Waals surface area contributed by atoms with Crippen molar-refractivity contribution in [1.29, 1.82) is 5.26 Å². The quantitative estimate of drug-likeness (QED) is 0.739. The first-order chi connectivity index (χ1) is 6.53. The van der Waals surface area contributed by atoms with Gasteiger partial charge in [0, 0.05) is 0 Å². The van der Waals surface area contributed by atoms with Gasteiger partial charge < -0.3 is 4.74 Å². The zero-order valence-corrected chi connectivity index (χ0v) is 8.25. The predicted molar refractivity (Wildman–Crippen MR) is 51.3 cm³/mol. The van der Waals surface area contributed by atoms with E-state index in [1.807, 2.05) is 19.9 Å². The first-order valence-electron chi connectivity index (χ1n) is 4.35. The van der Waals surface area contributed by atoms with E-state index in [1.165, 1.54) is 12.1 Å². The Bertz CT molecular complexity index is 337. The molecule has 74 valence electrons. The number of hydrogen-bond donors (Lipinski definition) is 0. The highest BCUT2D eigenvalue weighted by Crippen LogP contribution is 2.20. The van der Waals surface area contributed by atoms with Gasteiger partial charge in [-0.05, 0) is 38.1 Å². The van der Waals surface area contributed by atoms with E-state index in [9.17, 15) is 4.39 Å². The minimum atomic E-state index is -0.535. The molecule has 0 amide bonds. The van der Waals surface area contributed by atoms with E-state index < -0.39 is 5.60 Å². The molecular weight excluding hydrogens is 181 g/mol. The van der Waals surface area contributed by atoms with Gasteiger partial charge in [-0.1, -0.05) is 0 Å². The second kappa shape index (κ2) is 4.10. The molecule has 3 heteroatoms. The van der Waals surface area contributed by atoms with Gasteiger partial charge in [0.25, 0.3) is 0 Å². The van der Waals surface area contributed by atoms with Crippen molar-refractivity contribution in [3.8, 4) is 11.8 Å². The van der Waals surface area contributed by atoms with Crippen LogP contribution in [-0.2, 0) is 0 Å². The summed E-state index contributed by atoms with van der Waals surface area (Å²) >= 11 is 0. The summed E-state index contributed by atoms with van der Waals surface area (Å²) in [5.41, 5.74) is -0.535. The number of nitriles is 1. The fraction of sp³-hybridized carbons (Fsp3) is 0.364. The van der Waals surface area contributed by atoms with Gasteiger partial charge in [-0.15, -0.1) is 0 Å². The monoisotopic (exact) mass is 193 g/mol. The Hall–Kier alpha value is -1.56. The highest BCUT2D eigenvalue weighted by molar-refractivity contribution is 5.23. The molecule has 2 nitrogen and oxygen atoms in total. The summed E-state index contributed by atoms with van der Waals surface area (Å²) < 4.78 is 18.1. The molecule has 0 unspecified atom stereocenters. The number of hydrogen-bond acceptors (Lipinski definition) is 2. The Labute approximate surface area is 82.9 Å². The third-order valence-corrected chi connectivity index (χ3v) is 1.71. The Morgan fingerprint density at radius 3 is 2.43 bits per heavy atom. The van der Waals surface area contributed by atoms with E-state index >= 15 is 0 Å². The normalized spacial score (nSPS) is 10.7. The lowest BCUT2D eigenvalue weighted by molar-refractivity contribution is 0.115. The van der Waals surface area contributed by atoms with Gasteiger partial charge >= 0.3 is 0 Å². The van der Waals surface area contributed by atoms with E-state index in [0.717, 1.165) is 0 Å². The van der Waals surface area contributed by atoms with Crippen LogP contribution < -0.4 is 4.74 Å². The van der Waals surface area contributed by atoms with Crippen molar-refractivity contribution in [2.24, 2.45) is 0 Å². The first-order valence-corrected chi connectivity index (χ1v) is 4.35. The van der Waals surface area contributed by atoms with Crippen molar-refractivity contribution < 1.29 is 9.13 Å². The van der Waals surface area contributed by atoms with Crippen molar-refractivity contribution in [2.45, 2.75) is 25.9 Å². The molecular formula is C11H12FNO. The molecule has 0 aromatic heterocycles. The van der Waals surface area contributed by atoms with Crippen LogP contribution in [0.1, 0.15) is 20.3 Å². The second-order valence-electron chi connectivity index (χ2n) is 3.65. The Morgan fingerprint density at radius 2 is 1.93 bits per heavy atom. The summed E-state index contributed by atoms with van der Waals surface area (Å²) in [5.74, 6) is 0.280. The Balaban J connectivity index is 2.69. The molecule has 0 spiro atoms. The summed E-state index contributed by atoms with van der Waals surface area (Å²) in [4.78, 5) is 0. The molecule has 14 heavy (non-hydrogen) atoms. The van der Waals surface area contributed by atoms with Crippen molar-refractivity contribution in [2.75, 3.05) is 0 Å². The fourth-order valence-corrected chi connectivity index (χ4v) is 1.05. The van der Waals surface area contributed by atoms with Crippen LogP contribution in [0.2, 0.25) is 0 Å². The number of rotatable bonds is 3. The van der Waals surface area contributed by atoms with Crippen LogP contribution in [0, 0.1) is 17.1 Å². The van der Waals surface area contributed by atoms with E-state index in [2.05, 4.69) is 0 Å².